The van der Waals surface area contributed by atoms with Gasteiger partial charge in [0.05, 0.1) is 10.5 Å². The van der Waals surface area contributed by atoms with Gasteiger partial charge in [-0.2, -0.15) is 13.2 Å². The molecule has 2 N–H and O–H groups in total. The standard InChI is InChI=1S/C13H16F3N3O3/c1-8-2-3-9(19(21)22)10(11(8)20)12(13(14,15)16)18-6-4-17-5-7-18/h2-3,12,17,20H,4-7H2,1H3/t12-/m1/s1. The fourth-order valence-corrected chi connectivity index (χ4v) is 2.63. The summed E-state index contributed by atoms with van der Waals surface area (Å²) in [6.45, 7) is 2.30. The summed E-state index contributed by atoms with van der Waals surface area (Å²) in [6, 6.07) is 0.0444. The highest BCUT2D eigenvalue weighted by Gasteiger charge is 2.49. The van der Waals surface area contributed by atoms with Gasteiger partial charge >= 0.3 is 6.18 Å². The zero-order chi connectivity index (χ0) is 16.5. The van der Waals surface area contributed by atoms with Crippen LogP contribution in [0.15, 0.2) is 12.1 Å². The lowest BCUT2D eigenvalue weighted by Gasteiger charge is -2.36. The molecule has 6 nitrogen and oxygen atoms in total. The van der Waals surface area contributed by atoms with Crippen LogP contribution in [0, 0.1) is 17.0 Å². The number of hydrogen-bond acceptors (Lipinski definition) is 5. The van der Waals surface area contributed by atoms with Gasteiger partial charge in [-0.05, 0) is 18.6 Å². The third-order valence-corrected chi connectivity index (χ3v) is 3.69. The van der Waals surface area contributed by atoms with E-state index in [9.17, 15) is 28.4 Å². The van der Waals surface area contributed by atoms with Gasteiger partial charge in [-0.3, -0.25) is 15.0 Å². The lowest BCUT2D eigenvalue weighted by atomic mass is 9.98. The van der Waals surface area contributed by atoms with Crippen molar-refractivity contribution in [3.8, 4) is 5.75 Å². The van der Waals surface area contributed by atoms with Crippen LogP contribution in [0.25, 0.3) is 0 Å². The van der Waals surface area contributed by atoms with Gasteiger partial charge in [0.15, 0.2) is 0 Å². The highest BCUT2D eigenvalue weighted by Crippen LogP contribution is 2.46. The van der Waals surface area contributed by atoms with Crippen molar-refractivity contribution >= 4 is 5.69 Å². The predicted octanol–water partition coefficient (Wildman–Crippen LogP) is 2.12. The molecule has 0 aromatic heterocycles. The normalized spacial score (nSPS) is 18.2. The van der Waals surface area contributed by atoms with E-state index in [-0.39, 0.29) is 18.7 Å². The van der Waals surface area contributed by atoms with E-state index in [1.807, 2.05) is 0 Å². The molecule has 1 fully saturated rings. The summed E-state index contributed by atoms with van der Waals surface area (Å²) < 4.78 is 40.6. The maximum atomic E-state index is 13.5. The number of phenolic OH excluding ortho intramolecular Hbond substituents is 1. The lowest BCUT2D eigenvalue weighted by Crippen LogP contribution is -2.49. The quantitative estimate of drug-likeness (QED) is 0.659. The van der Waals surface area contributed by atoms with Crippen molar-refractivity contribution in [2.24, 2.45) is 0 Å². The average molecular weight is 319 g/mol. The minimum Gasteiger partial charge on any atom is -0.507 e. The second-order valence-electron chi connectivity index (χ2n) is 5.15. The molecule has 0 amide bonds. The Morgan fingerprint density at radius 2 is 1.95 bits per heavy atom. The highest BCUT2D eigenvalue weighted by atomic mass is 19.4. The third kappa shape index (κ3) is 3.14. The van der Waals surface area contributed by atoms with E-state index in [1.54, 1.807) is 0 Å². The Hall–Kier alpha value is -1.87. The zero-order valence-electron chi connectivity index (χ0n) is 11.9. The molecule has 0 bridgehead atoms. The van der Waals surface area contributed by atoms with E-state index in [4.69, 9.17) is 0 Å². The fraction of sp³-hybridized carbons (Fsp3) is 0.538. The van der Waals surface area contributed by atoms with Gasteiger partial charge in [0, 0.05) is 32.2 Å². The molecule has 1 atom stereocenters. The maximum Gasteiger partial charge on any atom is 0.408 e. The third-order valence-electron chi connectivity index (χ3n) is 3.69. The van der Waals surface area contributed by atoms with Gasteiger partial charge in [0.2, 0.25) is 0 Å². The molecule has 1 aromatic carbocycles. The molecule has 1 aliphatic rings. The van der Waals surface area contributed by atoms with E-state index >= 15 is 0 Å². The summed E-state index contributed by atoms with van der Waals surface area (Å²) in [7, 11) is 0. The van der Waals surface area contributed by atoms with E-state index in [2.05, 4.69) is 5.32 Å². The molecule has 0 unspecified atom stereocenters. The number of rotatable bonds is 3. The molecule has 122 valence electrons. The van der Waals surface area contributed by atoms with Crippen LogP contribution >= 0.6 is 0 Å². The van der Waals surface area contributed by atoms with Crippen molar-refractivity contribution < 1.29 is 23.2 Å². The molecule has 9 heteroatoms. The van der Waals surface area contributed by atoms with Crippen molar-refractivity contribution in [2.75, 3.05) is 26.2 Å². The number of halogens is 3. The van der Waals surface area contributed by atoms with Gasteiger partial charge in [-0.15, -0.1) is 0 Å². The lowest BCUT2D eigenvalue weighted by molar-refractivity contribution is -0.386. The first-order chi connectivity index (χ1) is 10.2. The summed E-state index contributed by atoms with van der Waals surface area (Å²) in [4.78, 5) is 11.3. The Labute approximate surface area is 124 Å². The van der Waals surface area contributed by atoms with Gasteiger partial charge < -0.3 is 10.4 Å². The monoisotopic (exact) mass is 319 g/mol. The maximum absolute atomic E-state index is 13.5. The molecular weight excluding hydrogens is 303 g/mol. The number of phenols is 1. The molecule has 2 rings (SSSR count). The number of benzene rings is 1. The molecule has 22 heavy (non-hydrogen) atoms. The fourth-order valence-electron chi connectivity index (χ4n) is 2.63. The molecule has 1 saturated heterocycles. The SMILES string of the molecule is Cc1ccc([N+](=O)[O-])c([C@@H](N2CCNCC2)C(F)(F)F)c1O. The van der Waals surface area contributed by atoms with Gasteiger partial charge in [0.1, 0.15) is 11.8 Å². The number of nitrogens with one attached hydrogen (secondary N) is 1. The largest absolute Gasteiger partial charge is 0.507 e. The second-order valence-corrected chi connectivity index (χ2v) is 5.15. The first-order valence-corrected chi connectivity index (χ1v) is 6.72. The Kier molecular flexibility index (Phi) is 4.57. The van der Waals surface area contributed by atoms with Crippen LogP contribution in [0.3, 0.4) is 0 Å². The van der Waals surface area contributed by atoms with Crippen molar-refractivity contribution in [1.82, 2.24) is 10.2 Å². The molecular formula is C13H16F3N3O3. The van der Waals surface area contributed by atoms with Gasteiger partial charge in [0.25, 0.3) is 5.69 Å². The molecule has 0 radical (unpaired) electrons. The highest BCUT2D eigenvalue weighted by molar-refractivity contribution is 5.55. The van der Waals surface area contributed by atoms with Crippen LogP contribution in [-0.4, -0.2) is 47.3 Å². The predicted molar refractivity (Wildman–Crippen MR) is 72.7 cm³/mol. The number of aromatic hydroxyl groups is 1. The Balaban J connectivity index is 2.61. The van der Waals surface area contributed by atoms with Gasteiger partial charge in [-0.1, -0.05) is 0 Å². The molecule has 0 spiro atoms. The number of hydrogen-bond donors (Lipinski definition) is 2. The van der Waals surface area contributed by atoms with Crippen LogP contribution < -0.4 is 5.32 Å². The summed E-state index contributed by atoms with van der Waals surface area (Å²) >= 11 is 0. The smallest absolute Gasteiger partial charge is 0.408 e. The summed E-state index contributed by atoms with van der Waals surface area (Å²) in [5, 5.41) is 24.1. The Bertz CT molecular complexity index is 572. The molecule has 1 aliphatic heterocycles. The number of piperazine rings is 1. The summed E-state index contributed by atoms with van der Waals surface area (Å²) in [5.74, 6) is -0.671. The number of aryl methyl sites for hydroxylation is 1. The molecule has 0 aliphatic carbocycles. The Morgan fingerprint density at radius 3 is 2.45 bits per heavy atom. The Morgan fingerprint density at radius 1 is 1.36 bits per heavy atom. The first-order valence-electron chi connectivity index (χ1n) is 6.72. The van der Waals surface area contributed by atoms with Crippen LogP contribution in [0.4, 0.5) is 18.9 Å². The van der Waals surface area contributed by atoms with E-state index in [1.165, 1.54) is 13.0 Å². The van der Waals surface area contributed by atoms with Crippen LogP contribution in [-0.2, 0) is 0 Å². The molecule has 1 aromatic rings. The van der Waals surface area contributed by atoms with Crippen LogP contribution in [0.1, 0.15) is 17.2 Å². The first kappa shape index (κ1) is 16.5. The minimum absolute atomic E-state index is 0.0920. The van der Waals surface area contributed by atoms with Crippen LogP contribution in [0.5, 0.6) is 5.75 Å². The average Bonchev–Trinajstić information content (AvgIpc) is 2.43. The van der Waals surface area contributed by atoms with Crippen molar-refractivity contribution in [2.45, 2.75) is 19.1 Å². The minimum atomic E-state index is -4.73. The number of nitro benzene ring substituents is 1. The van der Waals surface area contributed by atoms with Crippen molar-refractivity contribution in [3.63, 3.8) is 0 Å². The van der Waals surface area contributed by atoms with Crippen molar-refractivity contribution in [1.29, 1.82) is 0 Å². The topological polar surface area (TPSA) is 78.6 Å². The zero-order valence-corrected chi connectivity index (χ0v) is 11.9. The number of nitrogens with zero attached hydrogens (tertiary/aromatic N) is 2. The molecule has 1 heterocycles. The summed E-state index contributed by atoms with van der Waals surface area (Å²) in [6.07, 6.45) is -4.73. The summed E-state index contributed by atoms with van der Waals surface area (Å²) in [5.41, 5.74) is -1.23. The van der Waals surface area contributed by atoms with E-state index in [0.717, 1.165) is 11.0 Å². The number of alkyl halides is 3. The second kappa shape index (κ2) is 6.09. The van der Waals surface area contributed by atoms with Crippen LogP contribution in [0.2, 0.25) is 0 Å². The van der Waals surface area contributed by atoms with Crippen molar-refractivity contribution in [3.05, 3.63) is 33.4 Å². The molecule has 0 saturated carbocycles. The van der Waals surface area contributed by atoms with Gasteiger partial charge in [-0.25, -0.2) is 0 Å². The number of nitro groups is 1. The van der Waals surface area contributed by atoms with E-state index in [0.29, 0.717) is 13.1 Å². The van der Waals surface area contributed by atoms with E-state index < -0.39 is 34.1 Å².